The van der Waals surface area contributed by atoms with Crippen LogP contribution in [0.25, 0.3) is 0 Å². The first kappa shape index (κ1) is 15.6. The van der Waals surface area contributed by atoms with Gasteiger partial charge in [-0.3, -0.25) is 0 Å². The molecule has 0 heterocycles. The van der Waals surface area contributed by atoms with Crippen molar-refractivity contribution in [1.82, 2.24) is 0 Å². The zero-order valence-electron chi connectivity index (χ0n) is 0.816. The minimum absolute atomic E-state index is 0. The molecule has 0 aliphatic heterocycles. The quantitative estimate of drug-likeness (QED) is 0.487. The Labute approximate surface area is 118 Å². The molecule has 0 atom stereocenters. The van der Waals surface area contributed by atoms with E-state index in [1.54, 1.807) is 0 Å². The van der Waals surface area contributed by atoms with Gasteiger partial charge in [0.05, 0.1) is 0 Å². The maximum absolute atomic E-state index is 8.33. The average molecular weight is 358 g/mol. The van der Waals surface area contributed by atoms with Crippen molar-refractivity contribution < 1.29 is 23.2 Å². The number of rotatable bonds is 0. The summed E-state index contributed by atoms with van der Waals surface area (Å²) in [5.74, 6) is 0. The van der Waals surface area contributed by atoms with Crippen molar-refractivity contribution in [3.63, 3.8) is 0 Å². The molecule has 0 spiro atoms. The van der Waals surface area contributed by atoms with Gasteiger partial charge in [-0.25, -0.2) is 0 Å². The summed E-state index contributed by atoms with van der Waals surface area (Å²) in [6.45, 7) is 0. The van der Waals surface area contributed by atoms with Crippen molar-refractivity contribution in [2.75, 3.05) is 0 Å². The molecule has 0 aliphatic rings. The molecule has 0 unspecified atom stereocenters. The summed E-state index contributed by atoms with van der Waals surface area (Å²) in [6.07, 6.45) is 0. The van der Waals surface area contributed by atoms with E-state index in [0.717, 1.165) is 0 Å². The first-order chi connectivity index (χ1) is 1.00. The van der Waals surface area contributed by atoms with Gasteiger partial charge in [-0.1, -0.05) is 0 Å². The molecular weight excluding hydrogens is 356 g/mol. The van der Waals surface area contributed by atoms with Crippen LogP contribution in [0.2, 0.25) is 0 Å². The van der Waals surface area contributed by atoms with E-state index in [-0.39, 0.29) is 98.5 Å². The average Bonchev–Trinajstić information content (AvgIpc) is 1.00. The Morgan fingerprint density at radius 1 is 1.25 bits per heavy atom. The van der Waals surface area contributed by atoms with Crippen LogP contribution in [0.1, 0.15) is 0 Å². The molecule has 0 aromatic heterocycles. The molecule has 0 aliphatic carbocycles. The molecule has 0 aromatic rings. The van der Waals surface area contributed by atoms with Crippen molar-refractivity contribution in [1.29, 1.82) is 0 Å². The van der Waals surface area contributed by atoms with Crippen LogP contribution in [-0.4, -0.2) is 98.5 Å². The van der Waals surface area contributed by atoms with E-state index in [9.17, 15) is 0 Å². The summed E-state index contributed by atoms with van der Waals surface area (Å²) in [6, 6.07) is 0. The summed E-state index contributed by atoms with van der Waals surface area (Å²) in [4.78, 5) is 0. The van der Waals surface area contributed by atoms with Crippen molar-refractivity contribution >= 4 is 98.5 Å². The first-order valence-electron chi connectivity index (χ1n) is 0.167. The van der Waals surface area contributed by atoms with Crippen LogP contribution in [0.4, 0.5) is 0 Å². The van der Waals surface area contributed by atoms with E-state index in [2.05, 4.69) is 0 Å². The second-order valence-corrected chi connectivity index (χ2v) is 0. The van der Waals surface area contributed by atoms with Crippen LogP contribution in [-0.2, 0) is 23.2 Å². The Morgan fingerprint density at radius 3 is 1.25 bits per heavy atom. The van der Waals surface area contributed by atoms with Gasteiger partial charge in [-0.05, 0) is 0 Å². The molecule has 1 nitrogen and oxygen atoms in total. The molecular formula is H2CsNaOW. The van der Waals surface area contributed by atoms with Crippen molar-refractivity contribution in [2.24, 2.45) is 0 Å². The van der Waals surface area contributed by atoms with E-state index < -0.39 is 0 Å². The van der Waals surface area contributed by atoms with E-state index in [1.165, 1.54) is 0 Å². The van der Waals surface area contributed by atoms with Gasteiger partial charge in [0.25, 0.3) is 0 Å². The van der Waals surface area contributed by atoms with Crippen LogP contribution in [0.5, 0.6) is 0 Å². The molecule has 4 heteroatoms. The molecule has 0 N–H and O–H groups in total. The maximum atomic E-state index is 8.33. The third kappa shape index (κ3) is 9.11. The van der Waals surface area contributed by atoms with Crippen LogP contribution in [0, 0.1) is 0 Å². The Morgan fingerprint density at radius 2 is 1.25 bits per heavy atom. The number of hydrogen-bond donors (Lipinski definition) is 0. The molecule has 0 radical (unpaired) electrons. The van der Waals surface area contributed by atoms with Gasteiger partial charge < -0.3 is 0 Å². The van der Waals surface area contributed by atoms with Gasteiger partial charge in [-0.15, -0.1) is 0 Å². The van der Waals surface area contributed by atoms with Crippen molar-refractivity contribution in [3.8, 4) is 0 Å². The van der Waals surface area contributed by atoms with Crippen LogP contribution in [0.3, 0.4) is 0 Å². The molecule has 0 saturated carbocycles. The summed E-state index contributed by atoms with van der Waals surface area (Å²) in [5, 5.41) is 0. The molecule has 0 rings (SSSR count). The Hall–Kier alpha value is 3.54. The molecule has 0 saturated heterocycles. The van der Waals surface area contributed by atoms with E-state index in [4.69, 9.17) is 3.40 Å². The third-order valence-electron chi connectivity index (χ3n) is 0. The Balaban J connectivity index is -0.00000000500. The van der Waals surface area contributed by atoms with Crippen LogP contribution >= 0.6 is 0 Å². The van der Waals surface area contributed by atoms with Gasteiger partial charge in [0.1, 0.15) is 0 Å². The predicted octanol–water partition coefficient (Wildman–Crippen LogP) is -1.42. The first-order valence-corrected chi connectivity index (χ1v) is 1.36. The van der Waals surface area contributed by atoms with Gasteiger partial charge in [0.15, 0.2) is 0 Å². The minimum atomic E-state index is 0. The fourth-order valence-electron chi connectivity index (χ4n) is 0. The zero-order chi connectivity index (χ0) is 2.00. The van der Waals surface area contributed by atoms with Gasteiger partial charge in [-0.2, -0.15) is 0 Å². The fraction of sp³-hybridized carbons (Fsp3) is 0. The third-order valence-corrected chi connectivity index (χ3v) is 0. The van der Waals surface area contributed by atoms with E-state index in [0.29, 0.717) is 19.8 Å². The molecule has 16 valence electrons. The van der Waals surface area contributed by atoms with Crippen LogP contribution in [0.15, 0.2) is 0 Å². The second-order valence-electron chi connectivity index (χ2n) is 0. The van der Waals surface area contributed by atoms with Gasteiger partial charge in [0, 0.05) is 0 Å². The Bertz CT molecular complexity index is 8.00. The second kappa shape index (κ2) is 16.0. The molecule has 4 heavy (non-hydrogen) atoms. The molecule has 0 bridgehead atoms. The topological polar surface area (TPSA) is 17.1 Å². The normalized spacial score (nSPS) is 1.00. The van der Waals surface area contributed by atoms with E-state index in [1.807, 2.05) is 0 Å². The monoisotopic (exact) mass is 358 g/mol. The summed E-state index contributed by atoms with van der Waals surface area (Å²) < 4.78 is 8.33. The summed E-state index contributed by atoms with van der Waals surface area (Å²) in [5.41, 5.74) is 0. The molecule has 0 fully saturated rings. The standard InChI is InChI=1S/Cs.Na.O.W.2H. The fourth-order valence-corrected chi connectivity index (χ4v) is 0. The Kier molecular flexibility index (Phi) is 62.7. The predicted molar refractivity (Wildman–Crippen MR) is 15.0 cm³/mol. The van der Waals surface area contributed by atoms with Gasteiger partial charge >= 0.3 is 122 Å². The SMILES string of the molecule is [CsH].[NaH].[O]=[W]. The van der Waals surface area contributed by atoms with Crippen molar-refractivity contribution in [2.45, 2.75) is 0 Å². The van der Waals surface area contributed by atoms with Crippen LogP contribution < -0.4 is 0 Å². The van der Waals surface area contributed by atoms with Crippen molar-refractivity contribution in [3.05, 3.63) is 0 Å². The molecule has 0 aromatic carbocycles. The van der Waals surface area contributed by atoms with Gasteiger partial charge in [0.2, 0.25) is 0 Å². The number of hydrogen-bond acceptors (Lipinski definition) is 1. The molecule has 0 amide bonds. The summed E-state index contributed by atoms with van der Waals surface area (Å²) >= 11 is 0.333. The van der Waals surface area contributed by atoms with E-state index >= 15 is 0 Å². The summed E-state index contributed by atoms with van der Waals surface area (Å²) in [7, 11) is 0. The zero-order valence-corrected chi connectivity index (χ0v) is 3.75.